The van der Waals surface area contributed by atoms with Crippen molar-refractivity contribution in [3.05, 3.63) is 173 Å². The zero-order valence-corrected chi connectivity index (χ0v) is 75.7. The van der Waals surface area contributed by atoms with Crippen LogP contribution in [0.25, 0.3) is 0 Å². The normalized spacial score (nSPS) is 13.8. The third kappa shape index (κ3) is 44.3. The van der Waals surface area contributed by atoms with E-state index < -0.39 is 63.4 Å². The van der Waals surface area contributed by atoms with Crippen molar-refractivity contribution in [2.45, 2.75) is 211 Å². The molecule has 1 fully saturated rings. The van der Waals surface area contributed by atoms with Crippen molar-refractivity contribution in [3.8, 4) is 0 Å². The van der Waals surface area contributed by atoms with Gasteiger partial charge in [0.15, 0.2) is 0 Å². The molecule has 1 aliphatic carbocycles. The second-order valence-electron chi connectivity index (χ2n) is 32.4. The Kier molecular flexibility index (Phi) is 54.5. The fraction of sp³-hybridized carbons (Fsp3) is 0.604. The average molecular weight is 1650 g/mol. The molecule has 4 atom stereocenters. The van der Waals surface area contributed by atoms with Crippen LogP contribution in [0, 0.1) is 51.4 Å². The monoisotopic (exact) mass is 1650 g/mol. The van der Waals surface area contributed by atoms with E-state index in [-0.39, 0.29) is 108 Å². The number of aryl methyl sites for hydroxylation is 2. The first-order chi connectivity index (χ1) is 53.5. The Morgan fingerprint density at radius 1 is 0.402 bits per heavy atom. The molecule has 0 amide bonds. The van der Waals surface area contributed by atoms with E-state index in [0.717, 1.165) is 89.2 Å². The molecular formula is C91H150N6O20. The summed E-state index contributed by atoms with van der Waals surface area (Å²) in [5.74, 6) is -3.48. The first-order valence-corrected chi connectivity index (χ1v) is 39.6. The number of ether oxygens (including phenoxy) is 12. The smallest absolute Gasteiger partial charge is 0.317 e. The molecule has 0 N–H and O–H groups in total. The molecule has 0 aliphatic heterocycles. The molecule has 4 unspecified atom stereocenters. The highest BCUT2D eigenvalue weighted by Crippen LogP contribution is 2.29. The van der Waals surface area contributed by atoms with Crippen LogP contribution in [-0.2, 0) is 148 Å². The van der Waals surface area contributed by atoms with Crippen LogP contribution in [0.5, 0.6) is 0 Å². The number of rotatable bonds is 46. The molecule has 0 spiro atoms. The van der Waals surface area contributed by atoms with E-state index in [1.807, 2.05) is 73.1 Å². The lowest BCUT2D eigenvalue weighted by molar-refractivity contribution is -0.929. The van der Waals surface area contributed by atoms with Crippen LogP contribution in [0.1, 0.15) is 186 Å². The number of imidazole rings is 2. The maximum Gasteiger partial charge on any atom is 0.317 e. The van der Waals surface area contributed by atoms with Gasteiger partial charge in [-0.05, 0) is 114 Å². The zero-order valence-electron chi connectivity index (χ0n) is 75.7. The molecule has 2 aromatic heterocycles. The summed E-state index contributed by atoms with van der Waals surface area (Å²) >= 11 is 0. The highest BCUT2D eigenvalue weighted by molar-refractivity contribution is 5.79. The largest absolute Gasteiger partial charge is 0.465 e. The number of benzene rings is 3. The topological polar surface area (TPSA) is 265 Å². The van der Waals surface area contributed by atoms with E-state index >= 15 is 0 Å². The third-order valence-corrected chi connectivity index (χ3v) is 19.3. The molecule has 664 valence electrons. The number of aromatic nitrogens is 4. The Balaban J connectivity index is 0. The van der Waals surface area contributed by atoms with Crippen molar-refractivity contribution in [3.63, 3.8) is 0 Å². The van der Waals surface area contributed by atoms with E-state index in [9.17, 15) is 38.4 Å². The first-order valence-electron chi connectivity index (χ1n) is 39.6. The van der Waals surface area contributed by atoms with Crippen LogP contribution in [0.3, 0.4) is 0 Å². The Labute approximate surface area is 702 Å². The number of quaternary nitrogens is 2. The van der Waals surface area contributed by atoms with E-state index in [2.05, 4.69) is 105 Å². The van der Waals surface area contributed by atoms with Crippen molar-refractivity contribution >= 4 is 47.8 Å². The molecule has 117 heavy (non-hydrogen) atoms. The molecular weight excluding hydrogens is 1500 g/mol. The van der Waals surface area contributed by atoms with Gasteiger partial charge < -0.3 is 95.5 Å². The molecule has 0 saturated heterocycles. The molecule has 5 aromatic rings. The summed E-state index contributed by atoms with van der Waals surface area (Å²) < 4.78 is 72.7. The fourth-order valence-electron chi connectivity index (χ4n) is 12.4. The molecule has 26 nitrogen and oxygen atoms in total. The van der Waals surface area contributed by atoms with Crippen molar-refractivity contribution in [2.24, 2.45) is 21.7 Å². The van der Waals surface area contributed by atoms with Gasteiger partial charge in [0.2, 0.25) is 12.7 Å². The van der Waals surface area contributed by atoms with Crippen LogP contribution < -0.4 is 9.13 Å². The molecule has 2 heterocycles. The standard InChI is InChI=1S/C24H38NO5.C23H33N2O5.C21H29N2O5.C19H38NO5.4CH3/c1-19(26)30-18-24(2,17-28-5)23(27)29-16-21-13-11-20(12-14-21)15-25(3,4)22-9-7-6-8-10-22;1-5-6-11-24-12-13-25(18-24)14-20-7-9-21(10-8-20)15-29-22(27)23(3,16-28-4)17-30-19(2)26;1-5-22-10-11-23(16-22)12-18-6-8-19(9-7-18)13-27-20(25)21(3,14-26-4)15-28-17(2)24;1-17(21)25-16-19(2,15-23-6)18(22)24-14-12-10-8-7-9-11-13-20(3,4)5;;;;/h11-14,22H,6-10,15-18H2,1-5H3;7-10,12-13,18H,5-6,11,14-17H2,1-4H3;6-11,16H,5,12-15H2,1-4H3;7-16H2,1-6H3;4*1H3/q4*+1;4*-1. The van der Waals surface area contributed by atoms with Crippen molar-refractivity contribution in [1.29, 1.82) is 0 Å². The summed E-state index contributed by atoms with van der Waals surface area (Å²) in [6, 6.07) is 24.9. The minimum absolute atomic E-state index is 0. The van der Waals surface area contributed by atoms with E-state index in [4.69, 9.17) is 56.8 Å². The van der Waals surface area contributed by atoms with Crippen LogP contribution >= 0.6 is 0 Å². The van der Waals surface area contributed by atoms with Crippen LogP contribution in [0.4, 0.5) is 0 Å². The fourth-order valence-corrected chi connectivity index (χ4v) is 12.4. The molecule has 6 rings (SSSR count). The average Bonchev–Trinajstić information content (AvgIpc) is 1.56. The summed E-state index contributed by atoms with van der Waals surface area (Å²) in [6.07, 6.45) is 28.3. The Morgan fingerprint density at radius 3 is 1.04 bits per heavy atom. The maximum absolute atomic E-state index is 12.6. The number of carbonyl (C=O) groups is 8. The third-order valence-electron chi connectivity index (χ3n) is 19.3. The first kappa shape index (κ1) is 111. The van der Waals surface area contributed by atoms with Gasteiger partial charge in [-0.2, -0.15) is 0 Å². The number of hydrogen-bond acceptors (Lipinski definition) is 20. The van der Waals surface area contributed by atoms with Crippen molar-refractivity contribution in [1.82, 2.24) is 9.13 Å². The van der Waals surface area contributed by atoms with Crippen LogP contribution in [0.15, 0.2) is 110 Å². The summed E-state index contributed by atoms with van der Waals surface area (Å²) in [7, 11) is 17.3. The highest BCUT2D eigenvalue weighted by Gasteiger charge is 2.40. The van der Waals surface area contributed by atoms with Gasteiger partial charge in [-0.15, -0.1) is 0 Å². The van der Waals surface area contributed by atoms with Gasteiger partial charge in [-0.1, -0.05) is 112 Å². The van der Waals surface area contributed by atoms with Gasteiger partial charge in [-0.3, -0.25) is 38.4 Å². The number of carbonyl (C=O) groups excluding carboxylic acids is 8. The number of methoxy groups -OCH3 is 4. The lowest BCUT2D eigenvalue weighted by Crippen LogP contribution is -2.48. The molecule has 1 saturated carbocycles. The summed E-state index contributed by atoms with van der Waals surface area (Å²) in [4.78, 5) is 94.0. The van der Waals surface area contributed by atoms with Crippen LogP contribution in [-0.4, -0.2) is 202 Å². The van der Waals surface area contributed by atoms with Gasteiger partial charge in [0.25, 0.3) is 0 Å². The predicted molar refractivity (Wildman–Crippen MR) is 453 cm³/mol. The number of hydrogen-bond donors (Lipinski definition) is 0. The lowest BCUT2D eigenvalue weighted by atomic mass is 9.92. The molecule has 26 heteroatoms. The van der Waals surface area contributed by atoms with Crippen molar-refractivity contribution in [2.75, 3.05) is 130 Å². The van der Waals surface area contributed by atoms with Crippen molar-refractivity contribution < 1.29 is 113 Å². The summed E-state index contributed by atoms with van der Waals surface area (Å²) in [5.41, 5.74) is 2.28. The lowest BCUT2D eigenvalue weighted by Gasteiger charge is -2.40. The predicted octanol–water partition coefficient (Wildman–Crippen LogP) is 13.4. The van der Waals surface area contributed by atoms with Gasteiger partial charge >= 0.3 is 47.8 Å². The summed E-state index contributed by atoms with van der Waals surface area (Å²) in [5, 5.41) is 0. The van der Waals surface area contributed by atoms with Gasteiger partial charge in [0.1, 0.15) is 112 Å². The number of unbranched alkanes of at least 4 members (excludes halogenated alkanes) is 6. The summed E-state index contributed by atoms with van der Waals surface area (Å²) in [6.45, 7) is 23.1. The molecule has 3 aromatic carbocycles. The Hall–Kier alpha value is -8.40. The Bertz CT molecular complexity index is 3600. The second-order valence-corrected chi connectivity index (χ2v) is 32.4. The number of esters is 8. The second kappa shape index (κ2) is 57.7. The minimum Gasteiger partial charge on any atom is -0.465 e. The van der Waals surface area contributed by atoms with Gasteiger partial charge in [0.05, 0.1) is 93.9 Å². The van der Waals surface area contributed by atoms with Gasteiger partial charge in [0, 0.05) is 61.7 Å². The van der Waals surface area contributed by atoms with Crippen LogP contribution in [0.2, 0.25) is 0 Å². The number of nitrogens with zero attached hydrogens (tertiary/aromatic N) is 6. The maximum atomic E-state index is 12.6. The molecule has 1 aliphatic rings. The molecule has 0 radical (unpaired) electrons. The SMILES string of the molecule is CCCCn1cc[n+](Cc2ccc(COC(=O)C(C)(COC)COC(C)=O)cc2)c1.CCn1cc[n+](Cc2ccc(COC(=O)C(C)(COC)COC(C)=O)cc2)c1.COCC(C)(COC(C)=O)C(=O)OCCCCCCCC[N+](C)(C)C.COCC(C)(COC(C)=O)C(=O)OCc1ccc(C[N+](C)(C)C2CCCCC2)cc1.[CH3-].[CH3-].[CH3-].[CH3-]. The minimum atomic E-state index is -1.04. The highest BCUT2D eigenvalue weighted by atomic mass is 16.6. The molecule has 0 bridgehead atoms. The van der Waals surface area contributed by atoms with E-state index in [1.165, 1.54) is 138 Å². The van der Waals surface area contributed by atoms with Gasteiger partial charge in [-0.25, -0.2) is 18.3 Å². The van der Waals surface area contributed by atoms with E-state index in [0.29, 0.717) is 6.61 Å². The quantitative estimate of drug-likeness (QED) is 0.00875. The zero-order chi connectivity index (χ0) is 84.1. The Morgan fingerprint density at radius 2 is 0.718 bits per heavy atom. The van der Waals surface area contributed by atoms with E-state index in [1.54, 1.807) is 27.7 Å².